The van der Waals surface area contributed by atoms with Gasteiger partial charge in [0.1, 0.15) is 0 Å². The number of hydrogen-bond donors (Lipinski definition) is 0. The predicted octanol–water partition coefficient (Wildman–Crippen LogP) is 1.40. The Morgan fingerprint density at radius 3 is 3.23 bits per heavy atom. The molecule has 0 fully saturated rings. The Kier molecular flexibility index (Phi) is 3.53. The highest BCUT2D eigenvalue weighted by atomic mass is 16.1. The minimum atomic E-state index is 0.451. The lowest BCUT2D eigenvalue weighted by molar-refractivity contribution is 0.112. The van der Waals surface area contributed by atoms with E-state index in [4.69, 9.17) is 5.53 Å². The van der Waals surface area contributed by atoms with Gasteiger partial charge in [0.05, 0.1) is 11.8 Å². The summed E-state index contributed by atoms with van der Waals surface area (Å²) in [4.78, 5) is 12.9. The molecular weight excluding hydrogens is 170 g/mol. The van der Waals surface area contributed by atoms with Crippen molar-refractivity contribution in [3.63, 3.8) is 0 Å². The smallest absolute Gasteiger partial charge is 0.153 e. The van der Waals surface area contributed by atoms with Crippen molar-refractivity contribution in [2.75, 3.05) is 6.54 Å². The molecule has 6 nitrogen and oxygen atoms in total. The van der Waals surface area contributed by atoms with Gasteiger partial charge in [0.2, 0.25) is 0 Å². The highest BCUT2D eigenvalue weighted by Crippen LogP contribution is 1.95. The van der Waals surface area contributed by atoms with Gasteiger partial charge in [0.25, 0.3) is 0 Å². The molecule has 68 valence electrons. The Morgan fingerprint density at radius 1 is 1.77 bits per heavy atom. The van der Waals surface area contributed by atoms with Gasteiger partial charge in [-0.1, -0.05) is 5.11 Å². The lowest BCUT2D eigenvalue weighted by Gasteiger charge is -1.96. The lowest BCUT2D eigenvalue weighted by atomic mass is 10.4. The van der Waals surface area contributed by atoms with Gasteiger partial charge in [-0.2, -0.15) is 5.10 Å². The molecule has 0 amide bonds. The van der Waals surface area contributed by atoms with Gasteiger partial charge in [-0.05, 0) is 12.0 Å². The van der Waals surface area contributed by atoms with Crippen LogP contribution in [0.1, 0.15) is 16.8 Å². The van der Waals surface area contributed by atoms with Crippen molar-refractivity contribution in [2.24, 2.45) is 5.11 Å². The van der Waals surface area contributed by atoms with Gasteiger partial charge in [-0.15, -0.1) is 0 Å². The predicted molar refractivity (Wildman–Crippen MR) is 46.2 cm³/mol. The van der Waals surface area contributed by atoms with Gasteiger partial charge in [-0.25, -0.2) is 0 Å². The van der Waals surface area contributed by atoms with E-state index in [1.165, 1.54) is 6.20 Å². The molecule has 0 aliphatic carbocycles. The van der Waals surface area contributed by atoms with Crippen LogP contribution in [-0.2, 0) is 6.54 Å². The van der Waals surface area contributed by atoms with Crippen LogP contribution in [0.4, 0.5) is 0 Å². The molecule has 0 saturated heterocycles. The molecule has 1 heterocycles. The number of carbonyl (C=O) groups excluding carboxylic acids is 1. The van der Waals surface area contributed by atoms with Crippen LogP contribution in [0.25, 0.3) is 10.4 Å². The monoisotopic (exact) mass is 179 g/mol. The largest absolute Gasteiger partial charge is 0.298 e. The minimum absolute atomic E-state index is 0.451. The summed E-state index contributed by atoms with van der Waals surface area (Å²) >= 11 is 0. The second-order valence-corrected chi connectivity index (χ2v) is 2.46. The van der Waals surface area contributed by atoms with E-state index in [-0.39, 0.29) is 0 Å². The summed E-state index contributed by atoms with van der Waals surface area (Å²) in [5.74, 6) is 0. The summed E-state index contributed by atoms with van der Waals surface area (Å²) in [6.45, 7) is 1.11. The number of azide groups is 1. The van der Waals surface area contributed by atoms with Crippen molar-refractivity contribution in [3.05, 3.63) is 28.4 Å². The number of aldehydes is 1. The molecule has 0 aromatic carbocycles. The van der Waals surface area contributed by atoms with Crippen molar-refractivity contribution < 1.29 is 4.79 Å². The fraction of sp³-hybridized carbons (Fsp3) is 0.429. The Morgan fingerprint density at radius 2 is 2.62 bits per heavy atom. The fourth-order valence-electron chi connectivity index (χ4n) is 0.911. The zero-order chi connectivity index (χ0) is 9.52. The van der Waals surface area contributed by atoms with Crippen molar-refractivity contribution in [2.45, 2.75) is 13.0 Å². The number of aryl methyl sites for hydroxylation is 1. The number of hydrogen-bond acceptors (Lipinski definition) is 3. The third-order valence-corrected chi connectivity index (χ3v) is 1.50. The van der Waals surface area contributed by atoms with Gasteiger partial charge < -0.3 is 0 Å². The number of rotatable bonds is 5. The van der Waals surface area contributed by atoms with Crippen molar-refractivity contribution in [1.82, 2.24) is 9.78 Å². The molecule has 0 spiro atoms. The van der Waals surface area contributed by atoms with Crippen molar-refractivity contribution in [3.8, 4) is 0 Å². The first kappa shape index (κ1) is 9.28. The van der Waals surface area contributed by atoms with Crippen LogP contribution in [0.5, 0.6) is 0 Å². The molecule has 6 heteroatoms. The van der Waals surface area contributed by atoms with Crippen molar-refractivity contribution in [1.29, 1.82) is 0 Å². The van der Waals surface area contributed by atoms with Crippen molar-refractivity contribution >= 4 is 6.29 Å². The fourth-order valence-corrected chi connectivity index (χ4v) is 0.911. The molecule has 1 aromatic rings. The summed E-state index contributed by atoms with van der Waals surface area (Å²) in [5.41, 5.74) is 8.55. The Bertz CT molecular complexity index is 325. The summed E-state index contributed by atoms with van der Waals surface area (Å²) in [5, 5.41) is 7.32. The van der Waals surface area contributed by atoms with Gasteiger partial charge in [-0.3, -0.25) is 9.48 Å². The summed E-state index contributed by atoms with van der Waals surface area (Å²) in [6.07, 6.45) is 4.63. The number of nitrogens with zero attached hydrogens (tertiary/aromatic N) is 5. The quantitative estimate of drug-likeness (QED) is 0.225. The van der Waals surface area contributed by atoms with Gasteiger partial charge in [0.15, 0.2) is 6.29 Å². The maximum Gasteiger partial charge on any atom is 0.153 e. The summed E-state index contributed by atoms with van der Waals surface area (Å²) in [6, 6.07) is 0. The van der Waals surface area contributed by atoms with E-state index in [2.05, 4.69) is 15.1 Å². The zero-order valence-electron chi connectivity index (χ0n) is 7.00. The highest BCUT2D eigenvalue weighted by molar-refractivity contribution is 5.73. The van der Waals surface area contributed by atoms with Crippen LogP contribution in [0, 0.1) is 0 Å². The molecule has 0 bridgehead atoms. The maximum absolute atomic E-state index is 10.3. The second-order valence-electron chi connectivity index (χ2n) is 2.46. The lowest BCUT2D eigenvalue weighted by Crippen LogP contribution is -1.99. The third-order valence-electron chi connectivity index (χ3n) is 1.50. The van der Waals surface area contributed by atoms with E-state index in [1.807, 2.05) is 0 Å². The van der Waals surface area contributed by atoms with E-state index < -0.39 is 0 Å². The van der Waals surface area contributed by atoms with E-state index in [9.17, 15) is 4.79 Å². The van der Waals surface area contributed by atoms with E-state index >= 15 is 0 Å². The topological polar surface area (TPSA) is 83.7 Å². The van der Waals surface area contributed by atoms with Crippen LogP contribution in [-0.4, -0.2) is 22.6 Å². The normalized spacial score (nSPS) is 9.23. The zero-order valence-corrected chi connectivity index (χ0v) is 7.00. The second kappa shape index (κ2) is 4.95. The first-order chi connectivity index (χ1) is 6.36. The van der Waals surface area contributed by atoms with Gasteiger partial charge in [0, 0.05) is 24.2 Å². The van der Waals surface area contributed by atoms with Crippen LogP contribution in [0.2, 0.25) is 0 Å². The molecule has 13 heavy (non-hydrogen) atoms. The Balaban J connectivity index is 2.36. The third kappa shape index (κ3) is 2.96. The molecule has 1 rings (SSSR count). The molecule has 0 aliphatic rings. The number of aromatic nitrogens is 2. The molecule has 0 unspecified atom stereocenters. The van der Waals surface area contributed by atoms with E-state index in [1.54, 1.807) is 10.9 Å². The van der Waals surface area contributed by atoms with Crippen LogP contribution < -0.4 is 0 Å². The summed E-state index contributed by atoms with van der Waals surface area (Å²) in [7, 11) is 0. The average Bonchev–Trinajstić information content (AvgIpc) is 2.60. The molecule has 0 radical (unpaired) electrons. The van der Waals surface area contributed by atoms with E-state index in [0.29, 0.717) is 18.7 Å². The molecule has 0 atom stereocenters. The molecule has 1 aromatic heterocycles. The standard InChI is InChI=1S/C7H9N5O/c8-11-9-2-1-3-12-5-7(6-13)4-10-12/h4-6H,1-3H2. The van der Waals surface area contributed by atoms with Crippen LogP contribution >= 0.6 is 0 Å². The Hall–Kier alpha value is -1.81. The van der Waals surface area contributed by atoms with E-state index in [0.717, 1.165) is 12.7 Å². The number of carbonyl (C=O) groups is 1. The molecule has 0 aliphatic heterocycles. The Labute approximate surface area is 74.8 Å². The van der Waals surface area contributed by atoms with Crippen LogP contribution in [0.3, 0.4) is 0 Å². The SMILES string of the molecule is [N-]=[N+]=NCCCn1cc(C=O)cn1. The first-order valence-corrected chi connectivity index (χ1v) is 3.85. The first-order valence-electron chi connectivity index (χ1n) is 3.85. The molecule has 0 N–H and O–H groups in total. The van der Waals surface area contributed by atoms with Crippen LogP contribution in [0.15, 0.2) is 17.5 Å². The van der Waals surface area contributed by atoms with Gasteiger partial charge >= 0.3 is 0 Å². The maximum atomic E-state index is 10.3. The molecular formula is C7H9N5O. The minimum Gasteiger partial charge on any atom is -0.298 e. The average molecular weight is 179 g/mol. The summed E-state index contributed by atoms with van der Waals surface area (Å²) < 4.78 is 1.65. The molecule has 0 saturated carbocycles. The highest BCUT2D eigenvalue weighted by Gasteiger charge is 1.95.